The average Bonchev–Trinajstić information content (AvgIpc) is 2.43. The van der Waals surface area contributed by atoms with E-state index in [1.165, 1.54) is 16.7 Å². The molecule has 0 N–H and O–H groups in total. The highest BCUT2D eigenvalue weighted by atomic mass is 35.5. The molecule has 1 unspecified atom stereocenters. The largest absolute Gasteiger partial charge is 0.149 e. The molecule has 0 aliphatic heterocycles. The summed E-state index contributed by atoms with van der Waals surface area (Å²) in [6.07, 6.45) is 1.07. The molecule has 1 atom stereocenters. The number of rotatable bonds is 5. The van der Waals surface area contributed by atoms with E-state index >= 15 is 0 Å². The molecule has 2 aromatic carbocycles. The van der Waals surface area contributed by atoms with Gasteiger partial charge in [-0.05, 0) is 48.2 Å². The summed E-state index contributed by atoms with van der Waals surface area (Å²) in [7, 11) is 0. The summed E-state index contributed by atoms with van der Waals surface area (Å²) < 4.78 is 0. The van der Waals surface area contributed by atoms with Crippen molar-refractivity contribution in [1.29, 1.82) is 0 Å². The fraction of sp³-hybridized carbons (Fsp3) is 0.294. The van der Waals surface area contributed by atoms with Crippen LogP contribution >= 0.6 is 35.0 Å². The molecule has 0 spiro atoms. The summed E-state index contributed by atoms with van der Waals surface area (Å²) >= 11 is 14.2. The molecule has 0 saturated heterocycles. The van der Waals surface area contributed by atoms with E-state index in [1.807, 2.05) is 30.0 Å². The van der Waals surface area contributed by atoms with E-state index in [2.05, 4.69) is 38.1 Å². The van der Waals surface area contributed by atoms with Gasteiger partial charge in [-0.2, -0.15) is 0 Å². The Kier molecular flexibility index (Phi) is 5.83. The van der Waals surface area contributed by atoms with Crippen LogP contribution in [0.1, 0.15) is 35.3 Å². The molecule has 3 heteroatoms. The topological polar surface area (TPSA) is 0 Å². The first-order valence-electron chi connectivity index (χ1n) is 6.72. The van der Waals surface area contributed by atoms with Crippen molar-refractivity contribution in [2.45, 2.75) is 31.3 Å². The highest BCUT2D eigenvalue weighted by Crippen LogP contribution is 2.38. The first kappa shape index (κ1) is 15.8. The van der Waals surface area contributed by atoms with Gasteiger partial charge in [-0.3, -0.25) is 0 Å². The van der Waals surface area contributed by atoms with Gasteiger partial charge >= 0.3 is 0 Å². The zero-order valence-electron chi connectivity index (χ0n) is 11.7. The Balaban J connectivity index is 2.07. The third-order valence-electron chi connectivity index (χ3n) is 3.24. The Bertz CT molecular complexity index is 564. The van der Waals surface area contributed by atoms with Crippen molar-refractivity contribution in [3.8, 4) is 0 Å². The first-order valence-corrected chi connectivity index (χ1v) is 8.52. The molecule has 0 bridgehead atoms. The van der Waals surface area contributed by atoms with Crippen molar-refractivity contribution in [3.05, 3.63) is 69.2 Å². The summed E-state index contributed by atoms with van der Waals surface area (Å²) in [5.74, 6) is 0.972. The van der Waals surface area contributed by atoms with Gasteiger partial charge in [0.25, 0.3) is 0 Å². The SMILES string of the molecule is CCC(SCc1ccc(Cl)cc1)c1ccc(C)cc1Cl. The number of thioether (sulfide) groups is 1. The number of hydrogen-bond donors (Lipinski definition) is 0. The second kappa shape index (κ2) is 7.40. The Labute approximate surface area is 135 Å². The fourth-order valence-electron chi connectivity index (χ4n) is 2.10. The maximum atomic E-state index is 6.37. The molecular formula is C17H18Cl2S. The highest BCUT2D eigenvalue weighted by Gasteiger charge is 2.13. The molecule has 2 rings (SSSR count). The predicted molar refractivity (Wildman–Crippen MR) is 92.0 cm³/mol. The van der Waals surface area contributed by atoms with E-state index < -0.39 is 0 Å². The van der Waals surface area contributed by atoms with Crippen LogP contribution in [-0.4, -0.2) is 0 Å². The zero-order valence-corrected chi connectivity index (χ0v) is 14.0. The molecule has 0 aliphatic carbocycles. The van der Waals surface area contributed by atoms with Gasteiger partial charge in [-0.15, -0.1) is 11.8 Å². The van der Waals surface area contributed by atoms with Gasteiger partial charge in [0.05, 0.1) is 0 Å². The molecule has 0 amide bonds. The lowest BCUT2D eigenvalue weighted by molar-refractivity contribution is 0.894. The van der Waals surface area contributed by atoms with Crippen LogP contribution in [0.5, 0.6) is 0 Å². The van der Waals surface area contributed by atoms with Crippen molar-refractivity contribution >= 4 is 35.0 Å². The Hall–Kier alpha value is -0.630. The monoisotopic (exact) mass is 324 g/mol. The standard InChI is InChI=1S/C17H18Cl2S/c1-3-17(15-9-4-12(2)10-16(15)19)20-11-13-5-7-14(18)8-6-13/h4-10,17H,3,11H2,1-2H3. The molecular weight excluding hydrogens is 307 g/mol. The predicted octanol–water partition coefficient (Wildman–Crippen LogP) is 6.69. The molecule has 0 radical (unpaired) electrons. The minimum Gasteiger partial charge on any atom is -0.149 e. The maximum Gasteiger partial charge on any atom is 0.0451 e. The van der Waals surface area contributed by atoms with Crippen LogP contribution in [-0.2, 0) is 5.75 Å². The van der Waals surface area contributed by atoms with Crippen LogP contribution in [0.2, 0.25) is 10.0 Å². The molecule has 2 aromatic rings. The maximum absolute atomic E-state index is 6.37. The molecule has 0 aromatic heterocycles. The fourth-order valence-corrected chi connectivity index (χ4v) is 3.86. The quantitative estimate of drug-likeness (QED) is 0.590. The summed E-state index contributed by atoms with van der Waals surface area (Å²) in [6.45, 7) is 4.27. The van der Waals surface area contributed by atoms with Crippen LogP contribution in [0.4, 0.5) is 0 Å². The van der Waals surface area contributed by atoms with Crippen LogP contribution in [0.15, 0.2) is 42.5 Å². The average molecular weight is 325 g/mol. The van der Waals surface area contributed by atoms with E-state index in [0.29, 0.717) is 5.25 Å². The van der Waals surface area contributed by atoms with Gasteiger partial charge < -0.3 is 0 Å². The first-order chi connectivity index (χ1) is 9.60. The molecule has 106 valence electrons. The molecule has 0 saturated carbocycles. The van der Waals surface area contributed by atoms with E-state index in [0.717, 1.165) is 22.2 Å². The lowest BCUT2D eigenvalue weighted by Crippen LogP contribution is -1.95. The normalized spacial score (nSPS) is 12.4. The van der Waals surface area contributed by atoms with Crippen LogP contribution in [0, 0.1) is 6.92 Å². The van der Waals surface area contributed by atoms with E-state index in [-0.39, 0.29) is 0 Å². The molecule has 0 fully saturated rings. The second-order valence-electron chi connectivity index (χ2n) is 4.86. The third-order valence-corrected chi connectivity index (χ3v) is 5.31. The molecule has 0 aliphatic rings. The summed E-state index contributed by atoms with van der Waals surface area (Å²) in [4.78, 5) is 0. The van der Waals surface area contributed by atoms with Crippen molar-refractivity contribution in [2.24, 2.45) is 0 Å². The molecule has 0 heterocycles. The third kappa shape index (κ3) is 4.18. The van der Waals surface area contributed by atoms with Gasteiger partial charge in [0.2, 0.25) is 0 Å². The van der Waals surface area contributed by atoms with Crippen LogP contribution < -0.4 is 0 Å². The smallest absolute Gasteiger partial charge is 0.0451 e. The molecule has 20 heavy (non-hydrogen) atoms. The van der Waals surface area contributed by atoms with Crippen molar-refractivity contribution in [3.63, 3.8) is 0 Å². The van der Waals surface area contributed by atoms with Gasteiger partial charge in [0.1, 0.15) is 0 Å². The minimum absolute atomic E-state index is 0.429. The summed E-state index contributed by atoms with van der Waals surface area (Å²) in [6, 6.07) is 14.4. The van der Waals surface area contributed by atoms with E-state index in [9.17, 15) is 0 Å². The van der Waals surface area contributed by atoms with Gasteiger partial charge in [0, 0.05) is 21.0 Å². The van der Waals surface area contributed by atoms with E-state index in [4.69, 9.17) is 23.2 Å². The molecule has 0 nitrogen and oxygen atoms in total. The minimum atomic E-state index is 0.429. The number of halogens is 2. The lowest BCUT2D eigenvalue weighted by atomic mass is 10.1. The van der Waals surface area contributed by atoms with Crippen molar-refractivity contribution in [2.75, 3.05) is 0 Å². The van der Waals surface area contributed by atoms with E-state index in [1.54, 1.807) is 0 Å². The van der Waals surface area contributed by atoms with Crippen LogP contribution in [0.3, 0.4) is 0 Å². The van der Waals surface area contributed by atoms with Gasteiger partial charge in [-0.1, -0.05) is 54.4 Å². The number of benzene rings is 2. The zero-order chi connectivity index (χ0) is 14.5. The Morgan fingerprint density at radius 2 is 1.75 bits per heavy atom. The van der Waals surface area contributed by atoms with Crippen molar-refractivity contribution in [1.82, 2.24) is 0 Å². The summed E-state index contributed by atoms with van der Waals surface area (Å²) in [5, 5.41) is 2.09. The van der Waals surface area contributed by atoms with Crippen LogP contribution in [0.25, 0.3) is 0 Å². The highest BCUT2D eigenvalue weighted by molar-refractivity contribution is 7.98. The second-order valence-corrected chi connectivity index (χ2v) is 6.89. The van der Waals surface area contributed by atoms with Gasteiger partial charge in [-0.25, -0.2) is 0 Å². The van der Waals surface area contributed by atoms with Crippen molar-refractivity contribution < 1.29 is 0 Å². The number of hydrogen-bond acceptors (Lipinski definition) is 1. The Morgan fingerprint density at radius 1 is 1.05 bits per heavy atom. The Morgan fingerprint density at radius 3 is 2.35 bits per heavy atom. The summed E-state index contributed by atoms with van der Waals surface area (Å²) in [5.41, 5.74) is 3.73. The number of aryl methyl sites for hydroxylation is 1. The van der Waals surface area contributed by atoms with Gasteiger partial charge in [0.15, 0.2) is 0 Å². The lowest BCUT2D eigenvalue weighted by Gasteiger charge is -2.17.